The maximum Gasteiger partial charge on any atom is 0.264 e. The van der Waals surface area contributed by atoms with Gasteiger partial charge in [0.05, 0.1) is 22.0 Å². The third kappa shape index (κ3) is 3.78. The highest BCUT2D eigenvalue weighted by atomic mass is 32.2. The molecule has 0 aliphatic carbocycles. The Kier molecular flexibility index (Phi) is 5.14. The average Bonchev–Trinajstić information content (AvgIpc) is 2.97. The van der Waals surface area contributed by atoms with Crippen LogP contribution in [-0.4, -0.2) is 24.1 Å². The van der Waals surface area contributed by atoms with E-state index in [4.69, 9.17) is 0 Å². The molecule has 140 valence electrons. The molecule has 27 heavy (non-hydrogen) atoms. The zero-order chi connectivity index (χ0) is 19.6. The lowest BCUT2D eigenvalue weighted by molar-refractivity contribution is -0.119. The van der Waals surface area contributed by atoms with E-state index in [1.807, 2.05) is 53.6 Å². The normalized spacial score (nSPS) is 11.4. The number of aryl methyl sites for hydroxylation is 1. The molecule has 3 aromatic rings. The van der Waals surface area contributed by atoms with Crippen LogP contribution in [0.4, 0.5) is 0 Å². The quantitative estimate of drug-likeness (QED) is 0.732. The van der Waals surface area contributed by atoms with Crippen LogP contribution in [0.3, 0.4) is 0 Å². The second-order valence-corrected chi connectivity index (χ2v) is 7.90. The second kappa shape index (κ2) is 7.36. The van der Waals surface area contributed by atoms with Gasteiger partial charge in [0.25, 0.3) is 10.0 Å². The lowest BCUT2D eigenvalue weighted by Crippen LogP contribution is -2.29. The Labute approximate surface area is 158 Å². The summed E-state index contributed by atoms with van der Waals surface area (Å²) >= 11 is 0. The first-order valence-corrected chi connectivity index (χ1v) is 10.1. The van der Waals surface area contributed by atoms with Gasteiger partial charge >= 0.3 is 0 Å². The number of amides is 1. The van der Waals surface area contributed by atoms with Crippen molar-refractivity contribution >= 4 is 15.9 Å². The van der Waals surface area contributed by atoms with Gasteiger partial charge < -0.3 is 0 Å². The number of rotatable bonds is 5. The molecule has 0 saturated heterocycles. The first-order chi connectivity index (χ1) is 12.8. The van der Waals surface area contributed by atoms with Crippen molar-refractivity contribution in [2.45, 2.75) is 32.1 Å². The van der Waals surface area contributed by atoms with E-state index in [9.17, 15) is 13.2 Å². The summed E-state index contributed by atoms with van der Waals surface area (Å²) in [5, 5.41) is 4.62. The van der Waals surface area contributed by atoms with Crippen molar-refractivity contribution in [3.63, 3.8) is 0 Å². The number of sulfonamides is 1. The van der Waals surface area contributed by atoms with Crippen LogP contribution in [0.15, 0.2) is 59.5 Å². The summed E-state index contributed by atoms with van der Waals surface area (Å²) in [6.07, 6.45) is 0.103. The standard InChI is InChI=1S/C20H21N3O3S/c1-4-19(24)22-27(25,26)18-12-10-16(11-13-18)20-14(2)15(3)21-23(20)17-8-6-5-7-9-17/h5-13H,4H2,1-3H3,(H,22,24). The number of benzene rings is 2. The molecule has 0 atom stereocenters. The van der Waals surface area contributed by atoms with E-state index in [0.29, 0.717) is 0 Å². The first-order valence-electron chi connectivity index (χ1n) is 8.61. The molecule has 1 amide bonds. The van der Waals surface area contributed by atoms with E-state index in [1.54, 1.807) is 19.1 Å². The van der Waals surface area contributed by atoms with Gasteiger partial charge in [-0.1, -0.05) is 37.3 Å². The van der Waals surface area contributed by atoms with Crippen molar-refractivity contribution < 1.29 is 13.2 Å². The molecule has 1 aromatic heterocycles. The van der Waals surface area contributed by atoms with Crippen LogP contribution in [0.2, 0.25) is 0 Å². The van der Waals surface area contributed by atoms with Gasteiger partial charge in [-0.15, -0.1) is 0 Å². The average molecular weight is 383 g/mol. The molecule has 0 aliphatic heterocycles. The smallest absolute Gasteiger partial charge is 0.264 e. The molecular formula is C20H21N3O3S. The fraction of sp³-hybridized carbons (Fsp3) is 0.200. The van der Waals surface area contributed by atoms with Gasteiger partial charge in [0.15, 0.2) is 0 Å². The summed E-state index contributed by atoms with van der Waals surface area (Å²) in [6.45, 7) is 5.53. The summed E-state index contributed by atoms with van der Waals surface area (Å²) < 4.78 is 28.4. The van der Waals surface area contributed by atoms with Crippen LogP contribution < -0.4 is 4.72 Å². The highest BCUT2D eigenvalue weighted by Crippen LogP contribution is 2.29. The first kappa shape index (κ1) is 18.8. The topological polar surface area (TPSA) is 81.1 Å². The van der Waals surface area contributed by atoms with Crippen LogP contribution in [0.1, 0.15) is 24.6 Å². The van der Waals surface area contributed by atoms with E-state index in [1.165, 1.54) is 12.1 Å². The molecule has 7 heteroatoms. The summed E-state index contributed by atoms with van der Waals surface area (Å²) in [4.78, 5) is 11.5. The largest absolute Gasteiger partial charge is 0.274 e. The molecule has 1 N–H and O–H groups in total. The lowest BCUT2D eigenvalue weighted by atomic mass is 10.1. The van der Waals surface area contributed by atoms with E-state index in [2.05, 4.69) is 5.10 Å². The predicted molar refractivity (Wildman–Crippen MR) is 104 cm³/mol. The van der Waals surface area contributed by atoms with Crippen molar-refractivity contribution in [2.24, 2.45) is 0 Å². The molecule has 0 bridgehead atoms. The Morgan fingerprint density at radius 1 is 1.04 bits per heavy atom. The van der Waals surface area contributed by atoms with Gasteiger partial charge in [0.2, 0.25) is 5.91 Å². The molecule has 0 spiro atoms. The van der Waals surface area contributed by atoms with Crippen molar-refractivity contribution in [3.8, 4) is 16.9 Å². The van der Waals surface area contributed by atoms with Gasteiger partial charge in [-0.2, -0.15) is 5.10 Å². The van der Waals surface area contributed by atoms with Gasteiger partial charge in [-0.25, -0.2) is 17.8 Å². The Morgan fingerprint density at radius 2 is 1.67 bits per heavy atom. The molecule has 0 saturated carbocycles. The molecule has 3 rings (SSSR count). The number of carbonyl (C=O) groups excluding carboxylic acids is 1. The van der Waals surface area contributed by atoms with Crippen molar-refractivity contribution in [1.29, 1.82) is 0 Å². The zero-order valence-electron chi connectivity index (χ0n) is 15.4. The number of hydrogen-bond donors (Lipinski definition) is 1. The number of para-hydroxylation sites is 1. The molecule has 1 heterocycles. The third-order valence-electron chi connectivity index (χ3n) is 4.37. The number of hydrogen-bond acceptors (Lipinski definition) is 4. The van der Waals surface area contributed by atoms with Crippen LogP contribution in [-0.2, 0) is 14.8 Å². The van der Waals surface area contributed by atoms with Crippen LogP contribution >= 0.6 is 0 Å². The minimum Gasteiger partial charge on any atom is -0.274 e. The van der Waals surface area contributed by atoms with E-state index >= 15 is 0 Å². The Bertz CT molecular complexity index is 1070. The van der Waals surface area contributed by atoms with Crippen molar-refractivity contribution in [2.75, 3.05) is 0 Å². The highest BCUT2D eigenvalue weighted by Gasteiger charge is 2.19. The lowest BCUT2D eigenvalue weighted by Gasteiger charge is -2.10. The summed E-state index contributed by atoms with van der Waals surface area (Å²) in [7, 11) is -3.86. The molecule has 0 fully saturated rings. The third-order valence-corrected chi connectivity index (χ3v) is 5.76. The van der Waals surface area contributed by atoms with E-state index in [0.717, 1.165) is 28.2 Å². The SMILES string of the molecule is CCC(=O)NS(=O)(=O)c1ccc(-c2c(C)c(C)nn2-c2ccccc2)cc1. The highest BCUT2D eigenvalue weighted by molar-refractivity contribution is 7.90. The number of nitrogens with one attached hydrogen (secondary N) is 1. The summed E-state index contributed by atoms with van der Waals surface area (Å²) in [6, 6.07) is 16.2. The van der Waals surface area contributed by atoms with E-state index < -0.39 is 15.9 Å². The van der Waals surface area contributed by atoms with Gasteiger partial charge in [0, 0.05) is 12.0 Å². The summed E-state index contributed by atoms with van der Waals surface area (Å²) in [5.74, 6) is -0.535. The second-order valence-electron chi connectivity index (χ2n) is 6.21. The van der Waals surface area contributed by atoms with Crippen LogP contribution in [0.25, 0.3) is 16.9 Å². The molecule has 0 aliphatic rings. The fourth-order valence-corrected chi connectivity index (χ4v) is 3.83. The minimum absolute atomic E-state index is 0.0493. The molecule has 2 aromatic carbocycles. The van der Waals surface area contributed by atoms with Crippen LogP contribution in [0.5, 0.6) is 0 Å². The number of nitrogens with zero attached hydrogens (tertiary/aromatic N) is 2. The maximum absolute atomic E-state index is 12.3. The molecule has 6 nitrogen and oxygen atoms in total. The molecular weight excluding hydrogens is 362 g/mol. The number of aromatic nitrogens is 2. The molecule has 0 unspecified atom stereocenters. The summed E-state index contributed by atoms with van der Waals surface area (Å²) in [5.41, 5.74) is 4.60. The van der Waals surface area contributed by atoms with Crippen molar-refractivity contribution in [3.05, 3.63) is 65.9 Å². The van der Waals surface area contributed by atoms with Gasteiger partial charge in [-0.05, 0) is 43.7 Å². The predicted octanol–water partition coefficient (Wildman–Crippen LogP) is 3.37. The maximum atomic E-state index is 12.3. The monoisotopic (exact) mass is 383 g/mol. The number of carbonyl (C=O) groups is 1. The Balaban J connectivity index is 2.03. The van der Waals surface area contributed by atoms with Crippen LogP contribution in [0, 0.1) is 13.8 Å². The molecule has 0 radical (unpaired) electrons. The Morgan fingerprint density at radius 3 is 2.26 bits per heavy atom. The zero-order valence-corrected chi connectivity index (χ0v) is 16.2. The fourth-order valence-electron chi connectivity index (χ4n) is 2.77. The van der Waals surface area contributed by atoms with E-state index in [-0.39, 0.29) is 11.3 Å². The Hall–Kier alpha value is -2.93. The van der Waals surface area contributed by atoms with Crippen molar-refractivity contribution in [1.82, 2.24) is 14.5 Å². The van der Waals surface area contributed by atoms with Gasteiger partial charge in [-0.3, -0.25) is 4.79 Å². The minimum atomic E-state index is -3.86. The van der Waals surface area contributed by atoms with Gasteiger partial charge in [0.1, 0.15) is 0 Å².